The number of carbonyl (C=O) groups excluding carboxylic acids is 1. The molecule has 1 aromatic carbocycles. The number of hydrogen-bond acceptors (Lipinski definition) is 3. The van der Waals surface area contributed by atoms with Gasteiger partial charge in [0.15, 0.2) is 0 Å². The Hall–Kier alpha value is -1.20. The molecule has 0 aromatic heterocycles. The third-order valence-electron chi connectivity index (χ3n) is 2.67. The van der Waals surface area contributed by atoms with E-state index in [2.05, 4.69) is 5.32 Å². The molecule has 0 bridgehead atoms. The van der Waals surface area contributed by atoms with Crippen LogP contribution in [0.25, 0.3) is 0 Å². The van der Waals surface area contributed by atoms with Gasteiger partial charge in [-0.1, -0.05) is 31.9 Å². The van der Waals surface area contributed by atoms with Crippen LogP contribution in [0.15, 0.2) is 23.1 Å². The lowest BCUT2D eigenvalue weighted by atomic mass is 10.1. The Kier molecular flexibility index (Phi) is 6.88. The summed E-state index contributed by atoms with van der Waals surface area (Å²) >= 11 is 7.44. The van der Waals surface area contributed by atoms with Crippen molar-refractivity contribution in [3.05, 3.63) is 28.8 Å². The lowest BCUT2D eigenvalue weighted by molar-refractivity contribution is -0.139. The maximum Gasteiger partial charge on any atom is 0.326 e. The Labute approximate surface area is 127 Å². The molecule has 6 heteroatoms. The zero-order valence-corrected chi connectivity index (χ0v) is 13.1. The van der Waals surface area contributed by atoms with Crippen molar-refractivity contribution in [1.82, 2.24) is 5.32 Å². The smallest absolute Gasteiger partial charge is 0.326 e. The molecule has 2 N–H and O–H groups in total. The molecule has 4 nitrogen and oxygen atoms in total. The largest absolute Gasteiger partial charge is 0.480 e. The normalized spacial score (nSPS) is 11.9. The molecule has 0 heterocycles. The number of benzene rings is 1. The fourth-order valence-corrected chi connectivity index (χ4v) is 2.70. The van der Waals surface area contributed by atoms with Gasteiger partial charge >= 0.3 is 5.97 Å². The molecule has 0 saturated carbocycles. The maximum atomic E-state index is 12.2. The Balaban J connectivity index is 2.95. The van der Waals surface area contributed by atoms with Crippen LogP contribution in [0, 0.1) is 0 Å². The van der Waals surface area contributed by atoms with Crippen LogP contribution in [0.1, 0.15) is 37.0 Å². The molecule has 0 fully saturated rings. The SMILES string of the molecule is CCCC(NC(=O)c1cc(Cl)ccc1SCC)C(=O)O. The Bertz CT molecular complexity index is 493. The number of amides is 1. The zero-order chi connectivity index (χ0) is 15.1. The molecule has 0 spiro atoms. The highest BCUT2D eigenvalue weighted by atomic mass is 35.5. The Morgan fingerprint density at radius 2 is 2.10 bits per heavy atom. The fraction of sp³-hybridized carbons (Fsp3) is 0.429. The first-order chi connectivity index (χ1) is 9.49. The summed E-state index contributed by atoms with van der Waals surface area (Å²) in [6.07, 6.45) is 1.08. The van der Waals surface area contributed by atoms with Crippen molar-refractivity contribution < 1.29 is 14.7 Å². The average molecular weight is 316 g/mol. The Morgan fingerprint density at radius 3 is 2.65 bits per heavy atom. The Morgan fingerprint density at radius 1 is 1.40 bits per heavy atom. The van der Waals surface area contributed by atoms with Gasteiger partial charge < -0.3 is 10.4 Å². The van der Waals surface area contributed by atoms with Crippen molar-refractivity contribution in [1.29, 1.82) is 0 Å². The lowest BCUT2D eigenvalue weighted by Crippen LogP contribution is -2.40. The molecule has 1 amide bonds. The highest BCUT2D eigenvalue weighted by Gasteiger charge is 2.21. The molecule has 1 rings (SSSR count). The minimum Gasteiger partial charge on any atom is -0.480 e. The second-order valence-electron chi connectivity index (χ2n) is 4.23. The van der Waals surface area contributed by atoms with E-state index in [-0.39, 0.29) is 0 Å². The van der Waals surface area contributed by atoms with E-state index in [1.165, 1.54) is 11.8 Å². The van der Waals surface area contributed by atoms with Gasteiger partial charge in [-0.05, 0) is 30.4 Å². The van der Waals surface area contributed by atoms with Crippen LogP contribution in [0.2, 0.25) is 5.02 Å². The summed E-state index contributed by atoms with van der Waals surface area (Å²) in [5.74, 6) is -0.601. The highest BCUT2D eigenvalue weighted by Crippen LogP contribution is 2.25. The number of hydrogen-bond donors (Lipinski definition) is 2. The molecular formula is C14H18ClNO3S. The van der Waals surface area contributed by atoms with E-state index in [0.717, 1.165) is 10.6 Å². The van der Waals surface area contributed by atoms with Crippen molar-refractivity contribution in [2.24, 2.45) is 0 Å². The second-order valence-corrected chi connectivity index (χ2v) is 5.97. The van der Waals surface area contributed by atoms with E-state index < -0.39 is 17.9 Å². The minimum atomic E-state index is -1.02. The van der Waals surface area contributed by atoms with Crippen molar-refractivity contribution >= 4 is 35.2 Å². The van der Waals surface area contributed by atoms with Crippen LogP contribution < -0.4 is 5.32 Å². The van der Waals surface area contributed by atoms with Gasteiger partial charge in [0.05, 0.1) is 5.56 Å². The molecular weight excluding hydrogens is 298 g/mol. The molecule has 1 atom stereocenters. The van der Waals surface area contributed by atoms with Crippen LogP contribution >= 0.6 is 23.4 Å². The van der Waals surface area contributed by atoms with Gasteiger partial charge in [0.2, 0.25) is 0 Å². The molecule has 0 saturated heterocycles. The second kappa shape index (κ2) is 8.17. The monoisotopic (exact) mass is 315 g/mol. The summed E-state index contributed by atoms with van der Waals surface area (Å²) in [5, 5.41) is 12.1. The van der Waals surface area contributed by atoms with Gasteiger partial charge in [0, 0.05) is 9.92 Å². The van der Waals surface area contributed by atoms with Crippen LogP contribution in [-0.2, 0) is 4.79 Å². The van der Waals surface area contributed by atoms with E-state index >= 15 is 0 Å². The van der Waals surface area contributed by atoms with Gasteiger partial charge in [-0.15, -0.1) is 11.8 Å². The van der Waals surface area contributed by atoms with E-state index in [4.69, 9.17) is 16.7 Å². The van der Waals surface area contributed by atoms with Crippen molar-refractivity contribution in [2.45, 2.75) is 37.6 Å². The van der Waals surface area contributed by atoms with Gasteiger partial charge in [0.25, 0.3) is 5.91 Å². The van der Waals surface area contributed by atoms with Gasteiger partial charge in [-0.3, -0.25) is 4.79 Å². The van der Waals surface area contributed by atoms with Crippen LogP contribution in [0.4, 0.5) is 0 Å². The van der Waals surface area contributed by atoms with E-state index in [1.807, 2.05) is 13.8 Å². The van der Waals surface area contributed by atoms with Gasteiger partial charge in [-0.2, -0.15) is 0 Å². The predicted octanol–water partition coefficient (Wildman–Crippen LogP) is 3.44. The van der Waals surface area contributed by atoms with Crippen molar-refractivity contribution in [3.8, 4) is 0 Å². The summed E-state index contributed by atoms with van der Waals surface area (Å²) in [6.45, 7) is 3.86. The van der Waals surface area contributed by atoms with Crippen LogP contribution in [-0.4, -0.2) is 28.8 Å². The third kappa shape index (κ3) is 4.72. The predicted molar refractivity (Wildman–Crippen MR) is 81.6 cm³/mol. The summed E-state index contributed by atoms with van der Waals surface area (Å²) in [5.41, 5.74) is 0.423. The van der Waals surface area contributed by atoms with Crippen molar-refractivity contribution in [3.63, 3.8) is 0 Å². The quantitative estimate of drug-likeness (QED) is 0.756. The number of carboxylic acid groups (broad SMARTS) is 1. The van der Waals surface area contributed by atoms with Crippen LogP contribution in [0.5, 0.6) is 0 Å². The first kappa shape index (κ1) is 16.9. The lowest BCUT2D eigenvalue weighted by Gasteiger charge is -2.15. The minimum absolute atomic E-state index is 0.399. The number of aliphatic carboxylic acids is 1. The van der Waals surface area contributed by atoms with E-state index in [1.54, 1.807) is 18.2 Å². The number of rotatable bonds is 7. The molecule has 0 aliphatic rings. The summed E-state index contributed by atoms with van der Waals surface area (Å²) < 4.78 is 0. The molecule has 0 aliphatic carbocycles. The summed E-state index contributed by atoms with van der Waals surface area (Å²) in [7, 11) is 0. The highest BCUT2D eigenvalue weighted by molar-refractivity contribution is 7.99. The average Bonchev–Trinajstić information content (AvgIpc) is 2.40. The number of thioether (sulfide) groups is 1. The molecule has 0 radical (unpaired) electrons. The van der Waals surface area contributed by atoms with Gasteiger partial charge in [-0.25, -0.2) is 4.79 Å². The van der Waals surface area contributed by atoms with Crippen LogP contribution in [0.3, 0.4) is 0 Å². The first-order valence-corrected chi connectivity index (χ1v) is 7.82. The van der Waals surface area contributed by atoms with E-state index in [0.29, 0.717) is 23.4 Å². The fourth-order valence-electron chi connectivity index (χ4n) is 1.74. The molecule has 1 aromatic rings. The van der Waals surface area contributed by atoms with E-state index in [9.17, 15) is 9.59 Å². The molecule has 0 aliphatic heterocycles. The first-order valence-electron chi connectivity index (χ1n) is 6.45. The topological polar surface area (TPSA) is 66.4 Å². The molecule has 110 valence electrons. The number of carboxylic acids is 1. The summed E-state index contributed by atoms with van der Waals surface area (Å²) in [4.78, 5) is 24.1. The summed E-state index contributed by atoms with van der Waals surface area (Å²) in [6, 6.07) is 4.20. The molecule has 1 unspecified atom stereocenters. The number of halogens is 1. The third-order valence-corrected chi connectivity index (χ3v) is 3.86. The molecule has 20 heavy (non-hydrogen) atoms. The number of carbonyl (C=O) groups is 2. The maximum absolute atomic E-state index is 12.2. The standard InChI is InChI=1S/C14H18ClNO3S/c1-3-5-11(14(18)19)16-13(17)10-8-9(15)6-7-12(10)20-4-2/h6-8,11H,3-5H2,1-2H3,(H,16,17)(H,18,19). The van der Waals surface area contributed by atoms with Crippen molar-refractivity contribution in [2.75, 3.05) is 5.75 Å². The number of nitrogens with one attached hydrogen (secondary N) is 1. The zero-order valence-electron chi connectivity index (χ0n) is 11.5. The van der Waals surface area contributed by atoms with Gasteiger partial charge in [0.1, 0.15) is 6.04 Å².